The van der Waals surface area contributed by atoms with Gasteiger partial charge in [-0.2, -0.15) is 0 Å². The Balaban J connectivity index is 2.14. The van der Waals surface area contributed by atoms with Crippen molar-refractivity contribution >= 4 is 17.4 Å². The fourth-order valence-corrected chi connectivity index (χ4v) is 2.96. The second-order valence-electron chi connectivity index (χ2n) is 6.14. The molecular weight excluding hydrogens is 246 g/mol. The van der Waals surface area contributed by atoms with Crippen molar-refractivity contribution in [3.63, 3.8) is 0 Å². The lowest BCUT2D eigenvalue weighted by atomic mass is 9.75. The number of aromatic nitrogens is 2. The van der Waals surface area contributed by atoms with Crippen LogP contribution >= 0.6 is 11.6 Å². The summed E-state index contributed by atoms with van der Waals surface area (Å²) in [6.45, 7) is 8.52. The van der Waals surface area contributed by atoms with Crippen molar-refractivity contribution < 1.29 is 0 Å². The molecule has 1 fully saturated rings. The minimum Gasteiger partial charge on any atom is -0.367 e. The van der Waals surface area contributed by atoms with Crippen LogP contribution in [0.5, 0.6) is 0 Å². The van der Waals surface area contributed by atoms with Crippen molar-refractivity contribution in [3.05, 3.63) is 16.5 Å². The van der Waals surface area contributed by atoms with Crippen LogP contribution in [0, 0.1) is 19.3 Å². The van der Waals surface area contributed by atoms with Gasteiger partial charge in [0, 0.05) is 11.6 Å². The van der Waals surface area contributed by atoms with E-state index in [1.807, 2.05) is 13.8 Å². The van der Waals surface area contributed by atoms with Gasteiger partial charge < -0.3 is 5.32 Å². The minimum absolute atomic E-state index is 0.426. The maximum absolute atomic E-state index is 6.10. The van der Waals surface area contributed by atoms with E-state index in [1.54, 1.807) is 0 Å². The van der Waals surface area contributed by atoms with Crippen molar-refractivity contribution in [2.75, 3.05) is 5.32 Å². The summed E-state index contributed by atoms with van der Waals surface area (Å²) in [5.41, 5.74) is 1.38. The van der Waals surface area contributed by atoms with E-state index >= 15 is 0 Å². The molecule has 3 nitrogen and oxygen atoms in total. The Bertz CT molecular complexity index is 443. The van der Waals surface area contributed by atoms with E-state index in [1.165, 1.54) is 25.7 Å². The highest BCUT2D eigenvalue weighted by Gasteiger charge is 2.28. The summed E-state index contributed by atoms with van der Waals surface area (Å²) in [5.74, 6) is 1.62. The van der Waals surface area contributed by atoms with E-state index in [2.05, 4.69) is 29.1 Å². The van der Waals surface area contributed by atoms with Crippen molar-refractivity contribution in [2.24, 2.45) is 5.41 Å². The van der Waals surface area contributed by atoms with Gasteiger partial charge in [-0.1, -0.05) is 31.9 Å². The smallest absolute Gasteiger partial charge is 0.137 e. The van der Waals surface area contributed by atoms with Gasteiger partial charge in [0.2, 0.25) is 0 Å². The Morgan fingerprint density at radius 2 is 2.00 bits per heavy atom. The molecule has 0 spiro atoms. The molecule has 0 saturated heterocycles. The average molecular weight is 268 g/mol. The predicted molar refractivity (Wildman–Crippen MR) is 76.2 cm³/mol. The van der Waals surface area contributed by atoms with Gasteiger partial charge in [-0.3, -0.25) is 0 Å². The van der Waals surface area contributed by atoms with Gasteiger partial charge in [0.25, 0.3) is 0 Å². The molecule has 1 saturated carbocycles. The molecule has 1 aromatic rings. The van der Waals surface area contributed by atoms with E-state index in [-0.39, 0.29) is 0 Å². The number of rotatable bonds is 2. The first-order chi connectivity index (χ1) is 8.37. The summed E-state index contributed by atoms with van der Waals surface area (Å²) in [6.07, 6.45) is 4.99. The van der Waals surface area contributed by atoms with Gasteiger partial charge in [0.1, 0.15) is 16.8 Å². The first-order valence-corrected chi connectivity index (χ1v) is 7.02. The lowest BCUT2D eigenvalue weighted by Crippen LogP contribution is -2.32. The summed E-state index contributed by atoms with van der Waals surface area (Å²) < 4.78 is 0. The largest absolute Gasteiger partial charge is 0.367 e. The summed E-state index contributed by atoms with van der Waals surface area (Å²) >= 11 is 6.10. The SMILES string of the molecule is Cc1nc(Cl)c(C)c(NC2CCCC(C)(C)C2)n1. The molecule has 0 radical (unpaired) electrons. The Labute approximate surface area is 114 Å². The maximum Gasteiger partial charge on any atom is 0.137 e. The normalized spacial score (nSPS) is 22.8. The standard InChI is InChI=1S/C14H22ClN3/c1-9-12(15)16-10(2)17-13(9)18-11-6-5-7-14(3,4)8-11/h11H,5-8H2,1-4H3,(H,16,17,18). The topological polar surface area (TPSA) is 37.8 Å². The van der Waals surface area contributed by atoms with E-state index in [4.69, 9.17) is 11.6 Å². The van der Waals surface area contributed by atoms with Crippen LogP contribution in [0.3, 0.4) is 0 Å². The van der Waals surface area contributed by atoms with Crippen LogP contribution in [0.4, 0.5) is 5.82 Å². The van der Waals surface area contributed by atoms with Crippen LogP contribution in [0.2, 0.25) is 5.15 Å². The third-order valence-corrected chi connectivity index (χ3v) is 4.11. The quantitative estimate of drug-likeness (QED) is 0.819. The van der Waals surface area contributed by atoms with E-state index in [0.717, 1.165) is 17.2 Å². The molecule has 0 aliphatic heterocycles. The highest BCUT2D eigenvalue weighted by Crippen LogP contribution is 2.36. The Kier molecular flexibility index (Phi) is 3.81. The predicted octanol–water partition coefficient (Wildman–Crippen LogP) is 4.13. The number of nitrogens with zero attached hydrogens (tertiary/aromatic N) is 2. The monoisotopic (exact) mass is 267 g/mol. The molecular formula is C14H22ClN3. The van der Waals surface area contributed by atoms with Gasteiger partial charge in [0.05, 0.1) is 0 Å². The van der Waals surface area contributed by atoms with Crippen LogP contribution in [0.1, 0.15) is 50.9 Å². The lowest BCUT2D eigenvalue weighted by molar-refractivity contribution is 0.229. The van der Waals surface area contributed by atoms with Crippen LogP contribution < -0.4 is 5.32 Å². The summed E-state index contributed by atoms with van der Waals surface area (Å²) in [7, 11) is 0. The van der Waals surface area contributed by atoms with Crippen LogP contribution in [-0.4, -0.2) is 16.0 Å². The lowest BCUT2D eigenvalue weighted by Gasteiger charge is -2.36. The van der Waals surface area contributed by atoms with Gasteiger partial charge in [-0.25, -0.2) is 9.97 Å². The third-order valence-electron chi connectivity index (χ3n) is 3.74. The molecule has 1 aliphatic carbocycles. The molecule has 2 rings (SSSR count). The summed E-state index contributed by atoms with van der Waals surface area (Å²) in [5, 5.41) is 4.11. The highest BCUT2D eigenvalue weighted by atomic mass is 35.5. The Hall–Kier alpha value is -0.830. The van der Waals surface area contributed by atoms with Crippen molar-refractivity contribution in [2.45, 2.75) is 59.4 Å². The number of nitrogens with one attached hydrogen (secondary N) is 1. The molecule has 1 N–H and O–H groups in total. The van der Waals surface area contributed by atoms with E-state index in [9.17, 15) is 0 Å². The number of aryl methyl sites for hydroxylation is 1. The molecule has 1 heterocycles. The Morgan fingerprint density at radius 1 is 1.28 bits per heavy atom. The minimum atomic E-state index is 0.426. The van der Waals surface area contributed by atoms with Crippen molar-refractivity contribution in [1.29, 1.82) is 0 Å². The molecule has 1 atom stereocenters. The maximum atomic E-state index is 6.10. The zero-order chi connectivity index (χ0) is 13.3. The second kappa shape index (κ2) is 5.04. The highest BCUT2D eigenvalue weighted by molar-refractivity contribution is 6.30. The van der Waals surface area contributed by atoms with Crippen molar-refractivity contribution in [3.8, 4) is 0 Å². The first kappa shape index (κ1) is 13.6. The first-order valence-electron chi connectivity index (χ1n) is 6.65. The summed E-state index contributed by atoms with van der Waals surface area (Å²) in [4.78, 5) is 8.64. The molecule has 4 heteroatoms. The van der Waals surface area contributed by atoms with Crippen molar-refractivity contribution in [1.82, 2.24) is 9.97 Å². The molecule has 1 unspecified atom stereocenters. The summed E-state index contributed by atoms with van der Waals surface area (Å²) in [6, 6.07) is 0.498. The van der Waals surface area contributed by atoms with Gasteiger partial charge >= 0.3 is 0 Å². The zero-order valence-electron chi connectivity index (χ0n) is 11.7. The fourth-order valence-electron chi connectivity index (χ4n) is 2.75. The van der Waals surface area contributed by atoms with Crippen LogP contribution in [0.15, 0.2) is 0 Å². The van der Waals surface area contributed by atoms with Crippen LogP contribution in [0.25, 0.3) is 0 Å². The van der Waals surface area contributed by atoms with E-state index in [0.29, 0.717) is 16.6 Å². The third kappa shape index (κ3) is 3.14. The molecule has 18 heavy (non-hydrogen) atoms. The number of hydrogen-bond donors (Lipinski definition) is 1. The van der Waals surface area contributed by atoms with E-state index < -0.39 is 0 Å². The molecule has 100 valence electrons. The molecule has 1 aliphatic rings. The molecule has 0 aromatic carbocycles. The van der Waals surface area contributed by atoms with Gasteiger partial charge in [-0.15, -0.1) is 0 Å². The average Bonchev–Trinajstić information content (AvgIpc) is 2.24. The molecule has 0 bridgehead atoms. The van der Waals surface area contributed by atoms with Crippen LogP contribution in [-0.2, 0) is 0 Å². The Morgan fingerprint density at radius 3 is 2.67 bits per heavy atom. The number of hydrogen-bond acceptors (Lipinski definition) is 3. The fraction of sp³-hybridized carbons (Fsp3) is 0.714. The second-order valence-corrected chi connectivity index (χ2v) is 6.50. The molecule has 1 aromatic heterocycles. The van der Waals surface area contributed by atoms with Gasteiger partial charge in [-0.05, 0) is 38.5 Å². The molecule has 0 amide bonds. The zero-order valence-corrected chi connectivity index (χ0v) is 12.4. The number of anilines is 1. The van der Waals surface area contributed by atoms with Gasteiger partial charge in [0.15, 0.2) is 0 Å². The number of halogens is 1.